The fourth-order valence-electron chi connectivity index (χ4n) is 2.42. The fraction of sp³-hybridized carbons (Fsp3) is 0.158. The highest BCUT2D eigenvalue weighted by molar-refractivity contribution is 5.79. The second-order valence-electron chi connectivity index (χ2n) is 5.71. The summed E-state index contributed by atoms with van der Waals surface area (Å²) in [6.07, 6.45) is -3.17. The molecule has 1 N–H and O–H groups in total. The van der Waals surface area contributed by atoms with Crippen LogP contribution in [0.4, 0.5) is 13.2 Å². The van der Waals surface area contributed by atoms with E-state index < -0.39 is 11.7 Å². The largest absolute Gasteiger partial charge is 0.487 e. The van der Waals surface area contributed by atoms with Crippen molar-refractivity contribution in [2.24, 2.45) is 5.16 Å². The van der Waals surface area contributed by atoms with Gasteiger partial charge in [0.2, 0.25) is 5.89 Å². The van der Waals surface area contributed by atoms with Crippen LogP contribution in [0, 0.1) is 6.92 Å². The van der Waals surface area contributed by atoms with E-state index in [4.69, 9.17) is 14.4 Å². The summed E-state index contributed by atoms with van der Waals surface area (Å²) in [5.74, 6) is 1.07. The minimum Gasteiger partial charge on any atom is -0.487 e. The first-order chi connectivity index (χ1) is 12.9. The summed E-state index contributed by atoms with van der Waals surface area (Å²) in [6, 6.07) is 11.7. The van der Waals surface area contributed by atoms with Crippen LogP contribution in [0.1, 0.15) is 22.6 Å². The first kappa shape index (κ1) is 18.5. The molecule has 0 aliphatic carbocycles. The topological polar surface area (TPSA) is 67.9 Å². The Morgan fingerprint density at radius 1 is 1.19 bits per heavy atom. The van der Waals surface area contributed by atoms with Gasteiger partial charge in [0.25, 0.3) is 0 Å². The zero-order chi connectivity index (χ0) is 19.4. The van der Waals surface area contributed by atoms with Gasteiger partial charge in [-0.25, -0.2) is 4.98 Å². The van der Waals surface area contributed by atoms with Crippen LogP contribution in [-0.4, -0.2) is 16.4 Å². The van der Waals surface area contributed by atoms with E-state index in [1.165, 1.54) is 18.3 Å². The molecule has 1 aromatic heterocycles. The Bertz CT molecular complexity index is 965. The molecule has 0 saturated heterocycles. The first-order valence-electron chi connectivity index (χ1n) is 7.91. The number of hydrogen-bond acceptors (Lipinski definition) is 5. The first-order valence-corrected chi connectivity index (χ1v) is 7.91. The van der Waals surface area contributed by atoms with Crippen molar-refractivity contribution < 1.29 is 27.5 Å². The average molecular weight is 376 g/mol. The Labute approximate surface area is 152 Å². The number of ether oxygens (including phenoxy) is 1. The van der Waals surface area contributed by atoms with E-state index in [1.54, 1.807) is 31.2 Å². The van der Waals surface area contributed by atoms with Crippen LogP contribution in [0.3, 0.4) is 0 Å². The average Bonchev–Trinajstić information content (AvgIpc) is 3.01. The molecular formula is C19H15F3N2O3. The van der Waals surface area contributed by atoms with Gasteiger partial charge < -0.3 is 14.4 Å². The summed E-state index contributed by atoms with van der Waals surface area (Å²) in [7, 11) is 0. The van der Waals surface area contributed by atoms with Crippen LogP contribution in [0.15, 0.2) is 58.1 Å². The van der Waals surface area contributed by atoms with Crippen LogP contribution in [-0.2, 0) is 12.8 Å². The predicted octanol–water partition coefficient (Wildman–Crippen LogP) is 5.06. The standard InChI is InChI=1S/C19H15F3N2O3/c1-12-17(11-26-16-7-2-4-13(8-16)10-23-25)24-18(27-12)14-5-3-6-15(9-14)19(20,21)22/h2-10,25H,11H2,1H3/b23-10+. The highest BCUT2D eigenvalue weighted by Gasteiger charge is 2.30. The third kappa shape index (κ3) is 4.46. The minimum absolute atomic E-state index is 0.0774. The number of oxazole rings is 1. The number of aryl methyl sites for hydroxylation is 1. The van der Waals surface area contributed by atoms with Crippen LogP contribution >= 0.6 is 0 Å². The number of halogens is 3. The van der Waals surface area contributed by atoms with E-state index in [0.29, 0.717) is 22.8 Å². The van der Waals surface area contributed by atoms with Crippen molar-refractivity contribution in [3.05, 3.63) is 71.1 Å². The van der Waals surface area contributed by atoms with Crippen molar-refractivity contribution in [1.29, 1.82) is 0 Å². The molecule has 0 aliphatic rings. The second kappa shape index (κ2) is 7.53. The summed E-state index contributed by atoms with van der Waals surface area (Å²) in [5.41, 5.74) is 0.594. The minimum atomic E-state index is -4.44. The maximum absolute atomic E-state index is 12.9. The quantitative estimate of drug-likeness (QED) is 0.384. The molecule has 2 aromatic carbocycles. The van der Waals surface area contributed by atoms with Gasteiger partial charge in [-0.1, -0.05) is 23.4 Å². The van der Waals surface area contributed by atoms with Crippen molar-refractivity contribution >= 4 is 6.21 Å². The molecule has 0 saturated carbocycles. The number of oxime groups is 1. The SMILES string of the molecule is Cc1oc(-c2cccc(C(F)(F)F)c2)nc1COc1cccc(/C=N/O)c1. The van der Waals surface area contributed by atoms with Gasteiger partial charge in [-0.15, -0.1) is 0 Å². The van der Waals surface area contributed by atoms with Crippen molar-refractivity contribution in [2.75, 3.05) is 0 Å². The molecular weight excluding hydrogens is 361 g/mol. The van der Waals surface area contributed by atoms with Crippen LogP contribution in [0.2, 0.25) is 0 Å². The smallest absolute Gasteiger partial charge is 0.416 e. The van der Waals surface area contributed by atoms with Crippen molar-refractivity contribution in [3.63, 3.8) is 0 Å². The number of alkyl halides is 3. The van der Waals surface area contributed by atoms with Gasteiger partial charge in [-0.3, -0.25) is 0 Å². The van der Waals surface area contributed by atoms with Gasteiger partial charge in [-0.2, -0.15) is 13.2 Å². The molecule has 1 heterocycles. The third-order valence-electron chi connectivity index (χ3n) is 3.77. The van der Waals surface area contributed by atoms with Gasteiger partial charge in [0.15, 0.2) is 0 Å². The molecule has 5 nitrogen and oxygen atoms in total. The number of benzene rings is 2. The molecule has 8 heteroatoms. The molecule has 0 aliphatic heterocycles. The van der Waals surface area contributed by atoms with Crippen molar-refractivity contribution in [1.82, 2.24) is 4.98 Å². The summed E-state index contributed by atoms with van der Waals surface area (Å²) in [6.45, 7) is 1.74. The van der Waals surface area contributed by atoms with Gasteiger partial charge in [0.05, 0.1) is 11.8 Å². The normalized spacial score (nSPS) is 11.9. The van der Waals surface area contributed by atoms with Crippen LogP contribution < -0.4 is 4.74 Å². The molecule has 0 bridgehead atoms. The zero-order valence-electron chi connectivity index (χ0n) is 14.2. The van der Waals surface area contributed by atoms with E-state index in [2.05, 4.69) is 10.1 Å². The zero-order valence-corrected chi connectivity index (χ0v) is 14.2. The molecule has 0 atom stereocenters. The summed E-state index contributed by atoms with van der Waals surface area (Å²) in [4.78, 5) is 4.25. The Morgan fingerprint density at radius 3 is 2.70 bits per heavy atom. The van der Waals surface area contributed by atoms with Crippen molar-refractivity contribution in [2.45, 2.75) is 19.7 Å². The highest BCUT2D eigenvalue weighted by Crippen LogP contribution is 2.32. The Hall–Kier alpha value is -3.29. The number of hydrogen-bond donors (Lipinski definition) is 1. The van der Waals surface area contributed by atoms with Crippen molar-refractivity contribution in [3.8, 4) is 17.2 Å². The van der Waals surface area contributed by atoms with E-state index in [-0.39, 0.29) is 18.1 Å². The summed E-state index contributed by atoms with van der Waals surface area (Å²) >= 11 is 0. The predicted molar refractivity (Wildman–Crippen MR) is 91.8 cm³/mol. The molecule has 0 spiro atoms. The molecule has 0 fully saturated rings. The second-order valence-corrected chi connectivity index (χ2v) is 5.71. The highest BCUT2D eigenvalue weighted by atomic mass is 19.4. The molecule has 140 valence electrons. The fourth-order valence-corrected chi connectivity index (χ4v) is 2.42. The Balaban J connectivity index is 1.78. The monoisotopic (exact) mass is 376 g/mol. The lowest BCUT2D eigenvalue weighted by atomic mass is 10.1. The maximum Gasteiger partial charge on any atom is 0.416 e. The number of rotatable bonds is 5. The van der Waals surface area contributed by atoms with E-state index in [1.807, 2.05) is 0 Å². The van der Waals surface area contributed by atoms with Gasteiger partial charge >= 0.3 is 6.18 Å². The molecule has 0 amide bonds. The molecule has 27 heavy (non-hydrogen) atoms. The lowest BCUT2D eigenvalue weighted by molar-refractivity contribution is -0.137. The summed E-state index contributed by atoms with van der Waals surface area (Å²) in [5, 5.41) is 11.5. The number of aromatic nitrogens is 1. The lowest BCUT2D eigenvalue weighted by Crippen LogP contribution is -2.04. The van der Waals surface area contributed by atoms with E-state index >= 15 is 0 Å². The van der Waals surface area contributed by atoms with Crippen LogP contribution in [0.5, 0.6) is 5.75 Å². The Kier molecular flexibility index (Phi) is 5.16. The number of nitrogens with zero attached hydrogens (tertiary/aromatic N) is 2. The van der Waals surface area contributed by atoms with Crippen LogP contribution in [0.25, 0.3) is 11.5 Å². The molecule has 3 rings (SSSR count). The van der Waals surface area contributed by atoms with E-state index in [0.717, 1.165) is 12.1 Å². The molecule has 0 radical (unpaired) electrons. The van der Waals surface area contributed by atoms with Gasteiger partial charge in [0.1, 0.15) is 23.8 Å². The molecule has 3 aromatic rings. The summed E-state index contributed by atoms with van der Waals surface area (Å²) < 4.78 is 49.8. The van der Waals surface area contributed by atoms with Gasteiger partial charge in [-0.05, 0) is 42.8 Å². The molecule has 0 unspecified atom stereocenters. The maximum atomic E-state index is 12.9. The van der Waals surface area contributed by atoms with Gasteiger partial charge in [0, 0.05) is 5.56 Å². The Morgan fingerprint density at radius 2 is 1.96 bits per heavy atom. The lowest BCUT2D eigenvalue weighted by Gasteiger charge is -2.06. The van der Waals surface area contributed by atoms with E-state index in [9.17, 15) is 13.2 Å². The third-order valence-corrected chi connectivity index (χ3v) is 3.77.